The van der Waals surface area contributed by atoms with Crippen LogP contribution in [0.3, 0.4) is 0 Å². The summed E-state index contributed by atoms with van der Waals surface area (Å²) >= 11 is 3.50. The third kappa shape index (κ3) is 4.88. The molecule has 0 fully saturated rings. The van der Waals surface area contributed by atoms with Crippen molar-refractivity contribution < 1.29 is 14.3 Å². The molecule has 0 radical (unpaired) electrons. The predicted octanol–water partition coefficient (Wildman–Crippen LogP) is 5.40. The Kier molecular flexibility index (Phi) is 6.23. The smallest absolute Gasteiger partial charge is 0.228 e. The molecule has 2 aromatic carbocycles. The van der Waals surface area contributed by atoms with Crippen molar-refractivity contribution in [3.05, 3.63) is 82.2 Å². The maximum atomic E-state index is 12.8. The second-order valence-corrected chi connectivity index (χ2v) is 8.07. The average molecular weight is 480 g/mol. The minimum absolute atomic E-state index is 0.104. The van der Waals surface area contributed by atoms with Crippen LogP contribution in [0.1, 0.15) is 16.8 Å². The van der Waals surface area contributed by atoms with E-state index in [-0.39, 0.29) is 12.3 Å². The van der Waals surface area contributed by atoms with Crippen LogP contribution in [-0.4, -0.2) is 23.0 Å². The zero-order chi connectivity index (χ0) is 21.8. The molecule has 6 nitrogen and oxygen atoms in total. The topological polar surface area (TPSA) is 76.2 Å². The SMILES string of the molecule is COc1ccc(NC(=O)Cc2c(C)[nH]c3ccc(Br)cc23)cc1OCc1cccnc1. The Labute approximate surface area is 188 Å². The van der Waals surface area contributed by atoms with Crippen molar-refractivity contribution in [2.45, 2.75) is 20.0 Å². The normalized spacial score (nSPS) is 10.8. The maximum absolute atomic E-state index is 12.8. The highest BCUT2D eigenvalue weighted by atomic mass is 79.9. The number of hydrogen-bond donors (Lipinski definition) is 2. The van der Waals surface area contributed by atoms with Crippen molar-refractivity contribution in [3.8, 4) is 11.5 Å². The summed E-state index contributed by atoms with van der Waals surface area (Å²) in [5, 5.41) is 4.00. The summed E-state index contributed by atoms with van der Waals surface area (Å²) < 4.78 is 12.3. The van der Waals surface area contributed by atoms with Gasteiger partial charge in [0, 0.05) is 50.8 Å². The molecule has 2 N–H and O–H groups in total. The van der Waals surface area contributed by atoms with E-state index in [4.69, 9.17) is 9.47 Å². The number of hydrogen-bond acceptors (Lipinski definition) is 4. The molecule has 0 spiro atoms. The lowest BCUT2D eigenvalue weighted by atomic mass is 10.1. The summed E-state index contributed by atoms with van der Waals surface area (Å²) in [5.41, 5.74) is 4.57. The number of fused-ring (bicyclic) bond motifs is 1. The Hall–Kier alpha value is -3.32. The number of pyridine rings is 1. The van der Waals surface area contributed by atoms with E-state index in [1.807, 2.05) is 37.3 Å². The Morgan fingerprint density at radius 3 is 2.81 bits per heavy atom. The summed E-state index contributed by atoms with van der Waals surface area (Å²) in [6, 6.07) is 15.2. The van der Waals surface area contributed by atoms with Crippen LogP contribution in [0.25, 0.3) is 10.9 Å². The van der Waals surface area contributed by atoms with Crippen molar-refractivity contribution in [2.24, 2.45) is 0 Å². The van der Waals surface area contributed by atoms with Crippen molar-refractivity contribution >= 4 is 38.4 Å². The highest BCUT2D eigenvalue weighted by Gasteiger charge is 2.14. The van der Waals surface area contributed by atoms with Crippen LogP contribution in [0.15, 0.2) is 65.4 Å². The number of methoxy groups -OCH3 is 1. The van der Waals surface area contributed by atoms with E-state index in [2.05, 4.69) is 31.2 Å². The van der Waals surface area contributed by atoms with Crippen LogP contribution in [-0.2, 0) is 17.8 Å². The number of nitrogens with one attached hydrogen (secondary N) is 2. The van der Waals surface area contributed by atoms with Gasteiger partial charge in [0.2, 0.25) is 5.91 Å². The van der Waals surface area contributed by atoms with Crippen LogP contribution in [0.4, 0.5) is 5.69 Å². The largest absolute Gasteiger partial charge is 0.493 e. The maximum Gasteiger partial charge on any atom is 0.228 e. The molecule has 0 aliphatic rings. The third-order valence-corrected chi connectivity index (χ3v) is 5.48. The molecular weight excluding hydrogens is 458 g/mol. The van der Waals surface area contributed by atoms with Crippen LogP contribution >= 0.6 is 15.9 Å². The number of aromatic nitrogens is 2. The first-order chi connectivity index (χ1) is 15.0. The van der Waals surface area contributed by atoms with Gasteiger partial charge >= 0.3 is 0 Å². The molecule has 7 heteroatoms. The van der Waals surface area contributed by atoms with Gasteiger partial charge in [-0.1, -0.05) is 22.0 Å². The number of aryl methyl sites for hydroxylation is 1. The number of nitrogens with zero attached hydrogens (tertiary/aromatic N) is 1. The van der Waals surface area contributed by atoms with Gasteiger partial charge in [-0.2, -0.15) is 0 Å². The number of amides is 1. The Bertz CT molecular complexity index is 1220. The van der Waals surface area contributed by atoms with Gasteiger partial charge in [-0.3, -0.25) is 9.78 Å². The van der Waals surface area contributed by atoms with E-state index in [1.165, 1.54) is 0 Å². The number of benzene rings is 2. The summed E-state index contributed by atoms with van der Waals surface area (Å²) in [6.45, 7) is 2.33. The number of halogens is 1. The molecule has 0 saturated carbocycles. The molecule has 4 rings (SSSR count). The molecule has 0 aliphatic heterocycles. The fourth-order valence-corrected chi connectivity index (χ4v) is 3.82. The lowest BCUT2D eigenvalue weighted by Crippen LogP contribution is -2.15. The Morgan fingerprint density at radius 1 is 1.16 bits per heavy atom. The number of H-pyrrole nitrogens is 1. The average Bonchev–Trinajstić information content (AvgIpc) is 3.07. The van der Waals surface area contributed by atoms with Gasteiger partial charge in [0.1, 0.15) is 6.61 Å². The van der Waals surface area contributed by atoms with E-state index in [1.54, 1.807) is 37.7 Å². The number of carbonyl (C=O) groups excluding carboxylic acids is 1. The first kappa shape index (κ1) is 20.9. The molecule has 0 atom stereocenters. The van der Waals surface area contributed by atoms with Gasteiger partial charge in [-0.05, 0) is 48.9 Å². The first-order valence-electron chi connectivity index (χ1n) is 9.80. The van der Waals surface area contributed by atoms with Crippen molar-refractivity contribution in [1.82, 2.24) is 9.97 Å². The molecule has 0 unspecified atom stereocenters. The molecule has 158 valence electrons. The summed E-state index contributed by atoms with van der Waals surface area (Å²) in [6.07, 6.45) is 3.73. The van der Waals surface area contributed by atoms with Crippen molar-refractivity contribution in [3.63, 3.8) is 0 Å². The van der Waals surface area contributed by atoms with Crippen molar-refractivity contribution in [2.75, 3.05) is 12.4 Å². The molecule has 2 aromatic heterocycles. The van der Waals surface area contributed by atoms with Crippen LogP contribution < -0.4 is 14.8 Å². The first-order valence-corrected chi connectivity index (χ1v) is 10.6. The number of ether oxygens (including phenoxy) is 2. The molecule has 2 heterocycles. The zero-order valence-electron chi connectivity index (χ0n) is 17.2. The van der Waals surface area contributed by atoms with E-state index in [0.717, 1.165) is 32.2 Å². The second kappa shape index (κ2) is 9.22. The molecule has 0 aliphatic carbocycles. The van der Waals surface area contributed by atoms with E-state index < -0.39 is 0 Å². The summed E-state index contributed by atoms with van der Waals surface area (Å²) in [5.74, 6) is 1.04. The van der Waals surface area contributed by atoms with Gasteiger partial charge in [0.15, 0.2) is 11.5 Å². The molecular formula is C24H22BrN3O3. The van der Waals surface area contributed by atoms with Crippen LogP contribution in [0.5, 0.6) is 11.5 Å². The number of anilines is 1. The molecule has 31 heavy (non-hydrogen) atoms. The minimum atomic E-state index is -0.104. The zero-order valence-corrected chi connectivity index (χ0v) is 18.8. The summed E-state index contributed by atoms with van der Waals surface area (Å²) in [7, 11) is 1.59. The molecule has 0 saturated heterocycles. The number of aromatic amines is 1. The van der Waals surface area contributed by atoms with E-state index in [9.17, 15) is 4.79 Å². The van der Waals surface area contributed by atoms with Crippen LogP contribution in [0.2, 0.25) is 0 Å². The highest BCUT2D eigenvalue weighted by molar-refractivity contribution is 9.10. The van der Waals surface area contributed by atoms with Gasteiger partial charge < -0.3 is 19.8 Å². The quantitative estimate of drug-likeness (QED) is 0.371. The van der Waals surface area contributed by atoms with Gasteiger partial charge in [-0.15, -0.1) is 0 Å². The monoisotopic (exact) mass is 479 g/mol. The standard InChI is InChI=1S/C24H22BrN3O3/c1-15-19(20-10-17(25)5-7-21(20)27-15)12-24(29)28-18-6-8-22(30-2)23(11-18)31-14-16-4-3-9-26-13-16/h3-11,13,27H,12,14H2,1-2H3,(H,28,29). The molecule has 0 bridgehead atoms. The van der Waals surface area contributed by atoms with Gasteiger partial charge in [-0.25, -0.2) is 0 Å². The predicted molar refractivity (Wildman–Crippen MR) is 125 cm³/mol. The Balaban J connectivity index is 1.49. The summed E-state index contributed by atoms with van der Waals surface area (Å²) in [4.78, 5) is 20.2. The Morgan fingerprint density at radius 2 is 2.03 bits per heavy atom. The third-order valence-electron chi connectivity index (χ3n) is 4.98. The van der Waals surface area contributed by atoms with Crippen molar-refractivity contribution in [1.29, 1.82) is 0 Å². The van der Waals surface area contributed by atoms with E-state index in [0.29, 0.717) is 23.8 Å². The van der Waals surface area contributed by atoms with Crippen LogP contribution in [0, 0.1) is 6.92 Å². The molecule has 1 amide bonds. The fourth-order valence-electron chi connectivity index (χ4n) is 3.46. The van der Waals surface area contributed by atoms with E-state index >= 15 is 0 Å². The lowest BCUT2D eigenvalue weighted by Gasteiger charge is -2.13. The minimum Gasteiger partial charge on any atom is -0.493 e. The second-order valence-electron chi connectivity index (χ2n) is 7.16. The number of rotatable bonds is 7. The fraction of sp³-hybridized carbons (Fsp3) is 0.167. The number of carbonyl (C=O) groups is 1. The lowest BCUT2D eigenvalue weighted by molar-refractivity contribution is -0.115. The van der Waals surface area contributed by atoms with Gasteiger partial charge in [0.05, 0.1) is 13.5 Å². The van der Waals surface area contributed by atoms with Gasteiger partial charge in [0.25, 0.3) is 0 Å². The highest BCUT2D eigenvalue weighted by Crippen LogP contribution is 2.31. The molecule has 4 aromatic rings.